The molecule has 1 amide bonds. The summed E-state index contributed by atoms with van der Waals surface area (Å²) in [7, 11) is 0. The van der Waals surface area contributed by atoms with Gasteiger partial charge in [-0.25, -0.2) is 14.0 Å². The molecule has 0 unspecified atom stereocenters. The second-order valence-corrected chi connectivity index (χ2v) is 12.5. The number of carbonyl (C=O) groups excluding carboxylic acids is 1. The van der Waals surface area contributed by atoms with Crippen LogP contribution in [0.15, 0.2) is 84.5 Å². The zero-order chi connectivity index (χ0) is 32.0. The van der Waals surface area contributed by atoms with Gasteiger partial charge in [0.15, 0.2) is 0 Å². The van der Waals surface area contributed by atoms with Crippen molar-refractivity contribution in [2.24, 2.45) is 5.41 Å². The third-order valence-corrected chi connectivity index (χ3v) is 8.24. The molecular formula is C37H43FN2O4. The lowest BCUT2D eigenvalue weighted by Gasteiger charge is -2.33. The van der Waals surface area contributed by atoms with Gasteiger partial charge in [-0.15, -0.1) is 0 Å². The molecule has 6 nitrogen and oxygen atoms in total. The lowest BCUT2D eigenvalue weighted by Crippen LogP contribution is -2.46. The van der Waals surface area contributed by atoms with Crippen LogP contribution in [0.25, 0.3) is 16.7 Å². The van der Waals surface area contributed by atoms with Crippen LogP contribution in [0.2, 0.25) is 0 Å². The topological polar surface area (TPSA) is 87.7 Å². The van der Waals surface area contributed by atoms with E-state index >= 15 is 0 Å². The molecule has 0 bridgehead atoms. The van der Waals surface area contributed by atoms with Crippen LogP contribution in [0, 0.1) is 18.2 Å². The SMILES string of the molecule is C/C=C(\C=C(/C)[C@H](NCC[C@H](NC(=O)OCC1c2ccccc2-c2ccccc21)C(=O)O)C(C)(C)C)c1cc(F)ccc1C. The van der Waals surface area contributed by atoms with Crippen molar-refractivity contribution in [1.82, 2.24) is 10.6 Å². The van der Waals surface area contributed by atoms with Crippen molar-refractivity contribution in [2.45, 2.75) is 66.0 Å². The van der Waals surface area contributed by atoms with Crippen molar-refractivity contribution >= 4 is 17.6 Å². The number of fused-ring (bicyclic) bond motifs is 3. The minimum absolute atomic E-state index is 0.102. The Morgan fingerprint density at radius 2 is 1.64 bits per heavy atom. The first-order valence-corrected chi connectivity index (χ1v) is 15.1. The number of hydrogen-bond donors (Lipinski definition) is 3. The van der Waals surface area contributed by atoms with Crippen molar-refractivity contribution in [1.29, 1.82) is 0 Å². The van der Waals surface area contributed by atoms with E-state index in [1.54, 1.807) is 12.1 Å². The lowest BCUT2D eigenvalue weighted by atomic mass is 9.81. The van der Waals surface area contributed by atoms with Gasteiger partial charge in [0.25, 0.3) is 0 Å². The van der Waals surface area contributed by atoms with E-state index in [2.05, 4.69) is 43.5 Å². The number of allylic oxidation sites excluding steroid dienone is 3. The predicted molar refractivity (Wildman–Crippen MR) is 174 cm³/mol. The molecule has 0 saturated heterocycles. The first-order chi connectivity index (χ1) is 20.9. The quantitative estimate of drug-likeness (QED) is 0.196. The molecule has 0 saturated carbocycles. The maximum Gasteiger partial charge on any atom is 0.407 e. The van der Waals surface area contributed by atoms with Crippen LogP contribution >= 0.6 is 0 Å². The van der Waals surface area contributed by atoms with E-state index in [0.29, 0.717) is 6.54 Å². The number of amides is 1. The molecular weight excluding hydrogens is 555 g/mol. The van der Waals surface area contributed by atoms with E-state index in [1.165, 1.54) is 6.07 Å². The first kappa shape index (κ1) is 32.7. The Hall–Kier alpha value is -4.23. The number of rotatable bonds is 11. The van der Waals surface area contributed by atoms with Crippen LogP contribution in [-0.4, -0.2) is 42.4 Å². The molecule has 1 aliphatic rings. The van der Waals surface area contributed by atoms with E-state index in [0.717, 1.165) is 44.5 Å². The monoisotopic (exact) mass is 598 g/mol. The molecule has 3 aromatic rings. The number of alkyl carbamates (subject to hydrolysis) is 1. The number of carboxylic acid groups (broad SMARTS) is 1. The van der Waals surface area contributed by atoms with Crippen molar-refractivity contribution in [3.05, 3.63) is 113 Å². The van der Waals surface area contributed by atoms with Gasteiger partial charge in [0.1, 0.15) is 18.5 Å². The fourth-order valence-corrected chi connectivity index (χ4v) is 6.11. The van der Waals surface area contributed by atoms with Gasteiger partial charge in [-0.1, -0.05) is 93.1 Å². The summed E-state index contributed by atoms with van der Waals surface area (Å²) in [6.07, 6.45) is 3.42. The second kappa shape index (κ2) is 14.0. The van der Waals surface area contributed by atoms with Crippen LogP contribution in [0.4, 0.5) is 9.18 Å². The smallest absolute Gasteiger partial charge is 0.407 e. The number of ether oxygens (including phenoxy) is 1. The Balaban J connectivity index is 1.38. The van der Waals surface area contributed by atoms with Crippen molar-refractivity contribution in [2.75, 3.05) is 13.2 Å². The Kier molecular flexibility index (Phi) is 10.4. The minimum Gasteiger partial charge on any atom is -0.480 e. The molecule has 0 aliphatic heterocycles. The Morgan fingerprint density at radius 1 is 1.02 bits per heavy atom. The summed E-state index contributed by atoms with van der Waals surface area (Å²) in [6, 6.07) is 19.7. The van der Waals surface area contributed by atoms with Crippen LogP contribution in [0.3, 0.4) is 0 Å². The molecule has 232 valence electrons. The van der Waals surface area contributed by atoms with Gasteiger partial charge < -0.3 is 20.5 Å². The number of hydrogen-bond acceptors (Lipinski definition) is 4. The molecule has 2 atom stereocenters. The zero-order valence-electron chi connectivity index (χ0n) is 26.4. The first-order valence-electron chi connectivity index (χ1n) is 15.1. The Morgan fingerprint density at radius 3 is 2.20 bits per heavy atom. The van der Waals surface area contributed by atoms with Crippen molar-refractivity contribution < 1.29 is 23.8 Å². The Bertz CT molecular complexity index is 1520. The molecule has 0 heterocycles. The lowest BCUT2D eigenvalue weighted by molar-refractivity contribution is -0.139. The maximum absolute atomic E-state index is 14.0. The van der Waals surface area contributed by atoms with E-state index in [-0.39, 0.29) is 36.2 Å². The zero-order valence-corrected chi connectivity index (χ0v) is 26.4. The van der Waals surface area contributed by atoms with Crippen LogP contribution in [0.1, 0.15) is 69.2 Å². The third-order valence-electron chi connectivity index (χ3n) is 8.24. The summed E-state index contributed by atoms with van der Waals surface area (Å²) in [5.74, 6) is -1.53. The molecule has 0 fully saturated rings. The largest absolute Gasteiger partial charge is 0.480 e. The fraction of sp³-hybridized carbons (Fsp3) is 0.351. The summed E-state index contributed by atoms with van der Waals surface area (Å²) in [5.41, 5.74) is 7.98. The minimum atomic E-state index is -1.13. The number of aryl methyl sites for hydroxylation is 1. The van der Waals surface area contributed by atoms with E-state index in [9.17, 15) is 19.1 Å². The summed E-state index contributed by atoms with van der Waals surface area (Å²) < 4.78 is 19.6. The summed E-state index contributed by atoms with van der Waals surface area (Å²) >= 11 is 0. The molecule has 0 radical (unpaired) electrons. The molecule has 0 spiro atoms. The molecule has 1 aliphatic carbocycles. The van der Waals surface area contributed by atoms with E-state index in [4.69, 9.17) is 4.74 Å². The third kappa shape index (κ3) is 7.64. The average molecular weight is 599 g/mol. The number of carboxylic acids is 1. The number of halogens is 1. The Labute approximate surface area is 260 Å². The number of benzene rings is 3. The molecule has 0 aromatic heterocycles. The van der Waals surface area contributed by atoms with Crippen molar-refractivity contribution in [3.63, 3.8) is 0 Å². The number of nitrogens with one attached hydrogen (secondary N) is 2. The summed E-state index contributed by atoms with van der Waals surface area (Å²) in [5, 5.41) is 15.9. The molecule has 3 aromatic carbocycles. The average Bonchev–Trinajstić information content (AvgIpc) is 3.30. The summed E-state index contributed by atoms with van der Waals surface area (Å²) in [4.78, 5) is 24.9. The van der Waals surface area contributed by atoms with Gasteiger partial charge in [0.2, 0.25) is 0 Å². The van der Waals surface area contributed by atoms with Gasteiger partial charge >= 0.3 is 12.1 Å². The van der Waals surface area contributed by atoms with Gasteiger partial charge in [-0.05, 0) is 90.2 Å². The highest BCUT2D eigenvalue weighted by Gasteiger charge is 2.30. The van der Waals surface area contributed by atoms with Crippen LogP contribution in [0.5, 0.6) is 0 Å². The van der Waals surface area contributed by atoms with Gasteiger partial charge in [-0.2, -0.15) is 0 Å². The normalized spacial score (nSPS) is 14.9. The van der Waals surface area contributed by atoms with Crippen molar-refractivity contribution in [3.8, 4) is 11.1 Å². The standard InChI is InChI=1S/C37H43FN2O4/c1-7-25(31-21-26(38)17-16-23(31)2)20-24(3)34(37(4,5)6)39-19-18-33(35(41)42)40-36(43)44-22-32-29-14-10-8-12-27(29)28-13-9-11-15-30(28)32/h7-17,20-21,32-34,39H,18-19,22H2,1-6H3,(H,40,43)(H,41,42)/b24-20+,25-7+/t33-,34-/m0/s1. The number of carbonyl (C=O) groups is 2. The highest BCUT2D eigenvalue weighted by Crippen LogP contribution is 2.44. The predicted octanol–water partition coefficient (Wildman–Crippen LogP) is 7.87. The van der Waals surface area contributed by atoms with Crippen LogP contribution in [-0.2, 0) is 9.53 Å². The molecule has 4 rings (SSSR count). The fourth-order valence-electron chi connectivity index (χ4n) is 6.11. The molecule has 3 N–H and O–H groups in total. The van der Waals surface area contributed by atoms with Crippen LogP contribution < -0.4 is 10.6 Å². The molecule has 44 heavy (non-hydrogen) atoms. The highest BCUT2D eigenvalue weighted by molar-refractivity contribution is 5.81. The van der Waals surface area contributed by atoms with Gasteiger partial charge in [0.05, 0.1) is 0 Å². The summed E-state index contributed by atoms with van der Waals surface area (Å²) in [6.45, 7) is 12.7. The number of aliphatic carboxylic acids is 1. The second-order valence-electron chi connectivity index (χ2n) is 12.5. The maximum atomic E-state index is 14.0. The van der Waals surface area contributed by atoms with E-state index < -0.39 is 18.1 Å². The molecule has 7 heteroatoms. The van der Waals surface area contributed by atoms with Gasteiger partial charge in [-0.3, -0.25) is 0 Å². The van der Waals surface area contributed by atoms with Gasteiger partial charge in [0, 0.05) is 12.0 Å². The van der Waals surface area contributed by atoms with E-state index in [1.807, 2.05) is 69.3 Å². The highest BCUT2D eigenvalue weighted by atomic mass is 19.1.